The summed E-state index contributed by atoms with van der Waals surface area (Å²) in [6.07, 6.45) is 3.43. The first-order chi connectivity index (χ1) is 8.56. The van der Waals surface area contributed by atoms with Crippen LogP contribution in [0.3, 0.4) is 0 Å². The van der Waals surface area contributed by atoms with Crippen molar-refractivity contribution in [1.82, 2.24) is 15.6 Å². The van der Waals surface area contributed by atoms with Gasteiger partial charge in [-0.2, -0.15) is 0 Å². The van der Waals surface area contributed by atoms with E-state index in [9.17, 15) is 9.59 Å². The highest BCUT2D eigenvalue weighted by Gasteiger charge is 2.26. The summed E-state index contributed by atoms with van der Waals surface area (Å²) in [4.78, 5) is 27.3. The van der Waals surface area contributed by atoms with Crippen molar-refractivity contribution in [3.63, 3.8) is 0 Å². The number of aromatic nitrogens is 1. The molecule has 1 saturated carbocycles. The van der Waals surface area contributed by atoms with Crippen molar-refractivity contribution in [2.75, 3.05) is 5.73 Å². The Morgan fingerprint density at radius 2 is 2.17 bits per heavy atom. The average Bonchev–Trinajstić information content (AvgIpc) is 3.13. The third-order valence-corrected chi connectivity index (χ3v) is 2.71. The van der Waals surface area contributed by atoms with E-state index in [1.54, 1.807) is 19.1 Å². The topological polar surface area (TPSA) is 97.1 Å². The van der Waals surface area contributed by atoms with Gasteiger partial charge in [0.1, 0.15) is 11.9 Å². The number of hydrogen-bond donors (Lipinski definition) is 3. The highest BCUT2D eigenvalue weighted by atomic mass is 16.2. The van der Waals surface area contributed by atoms with E-state index in [-0.39, 0.29) is 17.9 Å². The van der Waals surface area contributed by atoms with E-state index < -0.39 is 6.04 Å². The highest BCUT2D eigenvalue weighted by Crippen LogP contribution is 2.18. The number of rotatable bonds is 4. The molecule has 6 nitrogen and oxygen atoms in total. The lowest BCUT2D eigenvalue weighted by Crippen LogP contribution is -2.45. The lowest BCUT2D eigenvalue weighted by molar-refractivity contribution is -0.122. The number of hydrogen-bond acceptors (Lipinski definition) is 4. The smallest absolute Gasteiger partial charge is 0.253 e. The zero-order chi connectivity index (χ0) is 13.1. The van der Waals surface area contributed by atoms with E-state index >= 15 is 0 Å². The van der Waals surface area contributed by atoms with Gasteiger partial charge in [-0.3, -0.25) is 9.59 Å². The van der Waals surface area contributed by atoms with Gasteiger partial charge in [0.15, 0.2) is 0 Å². The molecule has 96 valence electrons. The summed E-state index contributed by atoms with van der Waals surface area (Å²) in [5, 5.41) is 5.45. The Kier molecular flexibility index (Phi) is 3.45. The number of nitrogens with one attached hydrogen (secondary N) is 2. The maximum Gasteiger partial charge on any atom is 0.253 e. The molecular formula is C12H16N4O2. The molecule has 1 fully saturated rings. The second-order valence-electron chi connectivity index (χ2n) is 4.45. The van der Waals surface area contributed by atoms with Crippen LogP contribution in [0.2, 0.25) is 0 Å². The summed E-state index contributed by atoms with van der Waals surface area (Å²) in [5.74, 6) is -0.138. The Bertz CT molecular complexity index is 454. The number of nitrogen functional groups attached to an aromatic ring is 1. The third kappa shape index (κ3) is 3.19. The molecule has 6 heteroatoms. The second-order valence-corrected chi connectivity index (χ2v) is 4.45. The van der Waals surface area contributed by atoms with Crippen LogP contribution >= 0.6 is 0 Å². The number of anilines is 1. The SMILES string of the molecule is CC(NC(=O)c1ccc(N)nc1)C(=O)NC1CC1. The number of carbonyl (C=O) groups excluding carboxylic acids is 2. The molecule has 0 spiro atoms. The monoisotopic (exact) mass is 248 g/mol. The normalized spacial score (nSPS) is 15.8. The van der Waals surface area contributed by atoms with Crippen LogP contribution in [-0.4, -0.2) is 28.9 Å². The van der Waals surface area contributed by atoms with Crippen LogP contribution in [0.4, 0.5) is 5.82 Å². The molecule has 0 radical (unpaired) electrons. The molecule has 1 heterocycles. The molecule has 0 bridgehead atoms. The van der Waals surface area contributed by atoms with Crippen molar-refractivity contribution in [2.24, 2.45) is 0 Å². The summed E-state index contributed by atoms with van der Waals surface area (Å²) in [7, 11) is 0. The fourth-order valence-corrected chi connectivity index (χ4v) is 1.44. The molecule has 1 aromatic rings. The molecule has 0 saturated heterocycles. The van der Waals surface area contributed by atoms with Gasteiger partial charge >= 0.3 is 0 Å². The average molecular weight is 248 g/mol. The van der Waals surface area contributed by atoms with E-state index in [4.69, 9.17) is 5.73 Å². The quantitative estimate of drug-likeness (QED) is 0.702. The highest BCUT2D eigenvalue weighted by molar-refractivity contribution is 5.97. The van der Waals surface area contributed by atoms with Gasteiger partial charge in [0.25, 0.3) is 5.91 Å². The van der Waals surface area contributed by atoms with E-state index in [1.165, 1.54) is 6.20 Å². The molecule has 1 aliphatic rings. The van der Waals surface area contributed by atoms with Gasteiger partial charge in [0, 0.05) is 12.2 Å². The first-order valence-corrected chi connectivity index (χ1v) is 5.89. The summed E-state index contributed by atoms with van der Waals surface area (Å²) in [6, 6.07) is 2.85. The van der Waals surface area contributed by atoms with Gasteiger partial charge in [0.2, 0.25) is 5.91 Å². The molecular weight excluding hydrogens is 232 g/mol. The van der Waals surface area contributed by atoms with Crippen molar-refractivity contribution < 1.29 is 9.59 Å². The summed E-state index contributed by atoms with van der Waals surface area (Å²) in [6.45, 7) is 1.65. The predicted molar refractivity (Wildman–Crippen MR) is 66.7 cm³/mol. The second kappa shape index (κ2) is 5.03. The number of pyridine rings is 1. The molecule has 0 aromatic carbocycles. The van der Waals surface area contributed by atoms with Crippen LogP contribution in [0.1, 0.15) is 30.1 Å². The minimum Gasteiger partial charge on any atom is -0.384 e. The molecule has 4 N–H and O–H groups in total. The van der Waals surface area contributed by atoms with Crippen molar-refractivity contribution in [1.29, 1.82) is 0 Å². The molecule has 1 aromatic heterocycles. The van der Waals surface area contributed by atoms with Crippen LogP contribution in [-0.2, 0) is 4.79 Å². The van der Waals surface area contributed by atoms with Gasteiger partial charge in [-0.1, -0.05) is 0 Å². The zero-order valence-corrected chi connectivity index (χ0v) is 10.1. The third-order valence-electron chi connectivity index (χ3n) is 2.71. The maximum atomic E-state index is 11.8. The Morgan fingerprint density at radius 1 is 1.44 bits per heavy atom. The Labute approximate surface area is 105 Å². The van der Waals surface area contributed by atoms with Crippen LogP contribution < -0.4 is 16.4 Å². The molecule has 2 rings (SSSR count). The molecule has 18 heavy (non-hydrogen) atoms. The maximum absolute atomic E-state index is 11.8. The molecule has 1 atom stereocenters. The number of nitrogens with two attached hydrogens (primary N) is 1. The largest absolute Gasteiger partial charge is 0.384 e. The first kappa shape index (κ1) is 12.3. The van der Waals surface area contributed by atoms with Crippen molar-refractivity contribution in [2.45, 2.75) is 31.8 Å². The van der Waals surface area contributed by atoms with Crippen LogP contribution in [0.5, 0.6) is 0 Å². The Hall–Kier alpha value is -2.11. The van der Waals surface area contributed by atoms with E-state index in [0.717, 1.165) is 12.8 Å². The Morgan fingerprint density at radius 3 is 2.72 bits per heavy atom. The minimum atomic E-state index is -0.560. The van der Waals surface area contributed by atoms with Crippen LogP contribution in [0.15, 0.2) is 18.3 Å². The fourth-order valence-electron chi connectivity index (χ4n) is 1.44. The predicted octanol–water partition coefficient (Wildman–Crippen LogP) is 0.0607. The number of carbonyl (C=O) groups is 2. The summed E-state index contributed by atoms with van der Waals surface area (Å²) < 4.78 is 0. The fraction of sp³-hybridized carbons (Fsp3) is 0.417. The van der Waals surface area contributed by atoms with Crippen LogP contribution in [0.25, 0.3) is 0 Å². The lowest BCUT2D eigenvalue weighted by Gasteiger charge is -2.13. The Balaban J connectivity index is 1.89. The van der Waals surface area contributed by atoms with Crippen molar-refractivity contribution in [3.05, 3.63) is 23.9 Å². The molecule has 1 unspecified atom stereocenters. The molecule has 0 aliphatic heterocycles. The van der Waals surface area contributed by atoms with E-state index in [0.29, 0.717) is 11.4 Å². The summed E-state index contributed by atoms with van der Waals surface area (Å²) in [5.41, 5.74) is 5.82. The number of nitrogens with zero attached hydrogens (tertiary/aromatic N) is 1. The minimum absolute atomic E-state index is 0.158. The van der Waals surface area contributed by atoms with Gasteiger partial charge < -0.3 is 16.4 Å². The van der Waals surface area contributed by atoms with Gasteiger partial charge in [-0.05, 0) is 31.9 Å². The molecule has 2 amide bonds. The van der Waals surface area contributed by atoms with Gasteiger partial charge in [-0.15, -0.1) is 0 Å². The van der Waals surface area contributed by atoms with Gasteiger partial charge in [0.05, 0.1) is 5.56 Å². The zero-order valence-electron chi connectivity index (χ0n) is 10.1. The van der Waals surface area contributed by atoms with E-state index in [2.05, 4.69) is 15.6 Å². The standard InChI is InChI=1S/C12H16N4O2/c1-7(11(17)16-9-3-4-9)15-12(18)8-2-5-10(13)14-6-8/h2,5-7,9H,3-4H2,1H3,(H2,13,14)(H,15,18)(H,16,17). The first-order valence-electron chi connectivity index (χ1n) is 5.89. The van der Waals surface area contributed by atoms with Crippen molar-refractivity contribution >= 4 is 17.6 Å². The lowest BCUT2D eigenvalue weighted by atomic mass is 10.2. The summed E-state index contributed by atoms with van der Waals surface area (Å²) >= 11 is 0. The van der Waals surface area contributed by atoms with Crippen LogP contribution in [0, 0.1) is 0 Å². The number of amides is 2. The van der Waals surface area contributed by atoms with Gasteiger partial charge in [-0.25, -0.2) is 4.98 Å². The van der Waals surface area contributed by atoms with Crippen molar-refractivity contribution in [3.8, 4) is 0 Å². The van der Waals surface area contributed by atoms with E-state index in [1.807, 2.05) is 0 Å². The molecule has 1 aliphatic carbocycles.